The van der Waals surface area contributed by atoms with Crippen molar-refractivity contribution in [1.82, 2.24) is 4.98 Å². The molecule has 0 aliphatic heterocycles. The first-order valence-electron chi connectivity index (χ1n) is 17.2. The Morgan fingerprint density at radius 2 is 1.67 bits per heavy atom. The lowest BCUT2D eigenvalue weighted by Crippen LogP contribution is -2.09. The number of furan rings is 1. The molecule has 0 aliphatic carbocycles. The molecule has 4 aromatic carbocycles. The molecule has 0 fully saturated rings. The van der Waals surface area contributed by atoms with Gasteiger partial charge in [0.2, 0.25) is 0 Å². The van der Waals surface area contributed by atoms with E-state index in [-0.39, 0.29) is 44.9 Å². The molecule has 0 unspecified atom stereocenters. The second-order valence-corrected chi connectivity index (χ2v) is 10.6. The Bertz CT molecular complexity index is 2190. The number of halogens is 1. The van der Waals surface area contributed by atoms with Crippen LogP contribution in [-0.2, 0) is 6.37 Å². The van der Waals surface area contributed by atoms with Crippen molar-refractivity contribution in [2.45, 2.75) is 40.8 Å². The van der Waals surface area contributed by atoms with Crippen LogP contribution in [-0.4, -0.2) is 4.98 Å². The number of para-hydroxylation sites is 1. The van der Waals surface area contributed by atoms with E-state index in [1.165, 1.54) is 24.3 Å². The van der Waals surface area contributed by atoms with Gasteiger partial charge in [-0.05, 0) is 83.1 Å². The summed E-state index contributed by atoms with van der Waals surface area (Å²) >= 11 is 0. The fourth-order valence-corrected chi connectivity index (χ4v) is 4.94. The first kappa shape index (κ1) is 16.7. The molecule has 6 rings (SSSR count). The van der Waals surface area contributed by atoms with Crippen molar-refractivity contribution in [2.75, 3.05) is 0 Å². The monoisotopic (exact) mass is 522 g/mol. The predicted molar refractivity (Wildman–Crippen MR) is 160 cm³/mol. The second kappa shape index (κ2) is 9.50. The van der Waals surface area contributed by atoms with E-state index in [1.807, 2.05) is 30.3 Å². The summed E-state index contributed by atoms with van der Waals surface area (Å²) < 4.78 is 98.1. The zero-order valence-electron chi connectivity index (χ0n) is 30.8. The zero-order valence-corrected chi connectivity index (χ0v) is 21.8. The fourth-order valence-electron chi connectivity index (χ4n) is 4.94. The van der Waals surface area contributed by atoms with E-state index in [0.717, 1.165) is 11.8 Å². The van der Waals surface area contributed by atoms with Crippen LogP contribution in [0.1, 0.15) is 49.8 Å². The van der Waals surface area contributed by atoms with E-state index in [0.29, 0.717) is 27.7 Å². The molecule has 39 heavy (non-hydrogen) atoms. The molecule has 6 aromatic rings. The Balaban J connectivity index is 1.64. The number of benzene rings is 4. The highest BCUT2D eigenvalue weighted by molar-refractivity contribution is 6.13. The maximum atomic E-state index is 15.4. The van der Waals surface area contributed by atoms with Gasteiger partial charge < -0.3 is 4.42 Å². The summed E-state index contributed by atoms with van der Waals surface area (Å²) in [6.45, 7) is -0.538. The smallest absolute Gasteiger partial charge is 0.146 e. The summed E-state index contributed by atoms with van der Waals surface area (Å²) in [5.41, 5.74) is 0.975. The molecule has 0 radical (unpaired) electrons. The van der Waals surface area contributed by atoms with Gasteiger partial charge in [0.1, 0.15) is 17.0 Å². The van der Waals surface area contributed by atoms with Crippen molar-refractivity contribution >= 4 is 21.9 Å². The number of aryl methyl sites for hydroxylation is 2. The molecular weight excluding hydrogens is 481 g/mol. The van der Waals surface area contributed by atoms with Gasteiger partial charge >= 0.3 is 0 Å². The van der Waals surface area contributed by atoms with Crippen LogP contribution in [0.15, 0.2) is 95.5 Å². The highest BCUT2D eigenvalue weighted by Gasteiger charge is 2.20. The van der Waals surface area contributed by atoms with Gasteiger partial charge in [-0.25, -0.2) is 4.39 Å². The Morgan fingerprint density at radius 1 is 0.846 bits per heavy atom. The van der Waals surface area contributed by atoms with Crippen molar-refractivity contribution in [1.29, 1.82) is 0 Å². The third-order valence-corrected chi connectivity index (χ3v) is 6.59. The lowest BCUT2D eigenvalue weighted by molar-refractivity contribution is 0.411. The van der Waals surface area contributed by atoms with Crippen LogP contribution in [0.25, 0.3) is 55.4 Å². The molecule has 0 saturated heterocycles. The standard InChI is InChI=1S/C36H32FNO/c1-22-18-24(20-36(3,4)5)14-15-26(22)30-19-32(38-21-23(30)2)28-12-9-13-29-33-31(37)17-16-27(35(33)39-34(28)29)25-10-7-6-8-11-25/h6-19,21H,20H2,1-5H3/i1D3,2D3,15D,20D2. The average Bonchev–Trinajstić information content (AvgIpc) is 3.40. The zero-order chi connectivity index (χ0) is 35.0. The minimum atomic E-state index is -2.82. The van der Waals surface area contributed by atoms with Crippen LogP contribution < -0.4 is 0 Å². The molecule has 0 amide bonds. The highest BCUT2D eigenvalue weighted by atomic mass is 19.1. The fraction of sp³-hybridized carbons (Fsp3) is 0.194. The van der Waals surface area contributed by atoms with E-state index in [2.05, 4.69) is 4.98 Å². The van der Waals surface area contributed by atoms with Gasteiger partial charge in [-0.1, -0.05) is 81.4 Å². The van der Waals surface area contributed by atoms with Gasteiger partial charge in [0.05, 0.1) is 12.5 Å². The minimum absolute atomic E-state index is 0.00267. The Hall–Kier alpha value is -4.24. The molecule has 2 nitrogen and oxygen atoms in total. The summed E-state index contributed by atoms with van der Waals surface area (Å²) in [7, 11) is 0. The predicted octanol–water partition coefficient (Wildman–Crippen LogP) is 10.3. The Kier molecular flexibility index (Phi) is 4.06. The van der Waals surface area contributed by atoms with Gasteiger partial charge in [-0.2, -0.15) is 0 Å². The summed E-state index contributed by atoms with van der Waals surface area (Å²) in [5.74, 6) is -0.483. The van der Waals surface area contributed by atoms with E-state index < -0.39 is 31.3 Å². The van der Waals surface area contributed by atoms with E-state index in [1.54, 1.807) is 45.0 Å². The topological polar surface area (TPSA) is 26.0 Å². The molecule has 2 aromatic heterocycles. The minimum Gasteiger partial charge on any atom is -0.455 e. The van der Waals surface area contributed by atoms with E-state index in [4.69, 9.17) is 16.8 Å². The van der Waals surface area contributed by atoms with Crippen LogP contribution in [0.5, 0.6) is 0 Å². The average molecular weight is 523 g/mol. The lowest BCUT2D eigenvalue weighted by Gasteiger charge is -2.19. The van der Waals surface area contributed by atoms with Gasteiger partial charge in [0, 0.05) is 33.7 Å². The quantitative estimate of drug-likeness (QED) is 0.230. The molecule has 0 spiro atoms. The number of fused-ring (bicyclic) bond motifs is 3. The second-order valence-electron chi connectivity index (χ2n) is 10.6. The van der Waals surface area contributed by atoms with Gasteiger partial charge in [0.15, 0.2) is 0 Å². The first-order chi connectivity index (χ1) is 22.3. The Labute approximate surface area is 241 Å². The molecule has 0 bridgehead atoms. The molecule has 2 heterocycles. The first-order valence-corrected chi connectivity index (χ1v) is 12.7. The van der Waals surface area contributed by atoms with Gasteiger partial charge in [-0.15, -0.1) is 0 Å². The normalized spacial score (nSPS) is 16.4. The molecule has 0 aliphatic rings. The molecule has 0 atom stereocenters. The van der Waals surface area contributed by atoms with Crippen molar-refractivity contribution in [3.63, 3.8) is 0 Å². The number of aromatic nitrogens is 1. The van der Waals surface area contributed by atoms with Crippen molar-refractivity contribution in [3.8, 4) is 33.5 Å². The van der Waals surface area contributed by atoms with E-state index >= 15 is 4.39 Å². The Morgan fingerprint density at radius 3 is 2.44 bits per heavy atom. The van der Waals surface area contributed by atoms with Crippen molar-refractivity contribution < 1.29 is 21.1 Å². The SMILES string of the molecule is [2H]c1cc(C([2H])([2H])C(C)(C)C)cc(C([2H])([2H])[2H])c1-c1cc(-c2cccc3c2oc2c(-c4ccccc4)ccc(F)c23)ncc1C([2H])([2H])[2H]. The largest absolute Gasteiger partial charge is 0.455 e. The lowest BCUT2D eigenvalue weighted by atomic mass is 9.86. The number of rotatable bonds is 4. The molecule has 0 N–H and O–H groups in total. The van der Waals surface area contributed by atoms with Gasteiger partial charge in [0.25, 0.3) is 0 Å². The third-order valence-electron chi connectivity index (χ3n) is 6.59. The summed E-state index contributed by atoms with van der Waals surface area (Å²) in [4.78, 5) is 4.46. The number of hydrogen-bond acceptors (Lipinski definition) is 2. The third kappa shape index (κ3) is 4.63. The number of hydrogen-bond donors (Lipinski definition) is 0. The molecule has 3 heteroatoms. The highest BCUT2D eigenvalue weighted by Crippen LogP contribution is 2.41. The van der Waals surface area contributed by atoms with Crippen LogP contribution in [0.2, 0.25) is 0 Å². The van der Waals surface area contributed by atoms with Crippen LogP contribution in [0.3, 0.4) is 0 Å². The van der Waals surface area contributed by atoms with Gasteiger partial charge in [-0.3, -0.25) is 4.98 Å². The summed E-state index contributed by atoms with van der Waals surface area (Å²) in [6.07, 6.45) is -0.872. The maximum Gasteiger partial charge on any atom is 0.146 e. The number of nitrogens with zero attached hydrogens (tertiary/aromatic N) is 1. The van der Waals surface area contributed by atoms with Crippen molar-refractivity contribution in [2.24, 2.45) is 5.41 Å². The molecule has 0 saturated carbocycles. The number of pyridine rings is 1. The molecule has 194 valence electrons. The van der Waals surface area contributed by atoms with Crippen LogP contribution in [0.4, 0.5) is 4.39 Å². The summed E-state index contributed by atoms with van der Waals surface area (Å²) in [5, 5.41) is 0.744. The van der Waals surface area contributed by atoms with Crippen LogP contribution >= 0.6 is 0 Å². The summed E-state index contributed by atoms with van der Waals surface area (Å²) in [6, 6.07) is 21.1. The van der Waals surface area contributed by atoms with Crippen molar-refractivity contribution in [3.05, 3.63) is 114 Å². The molecular formula is C36H32FNO. The maximum absolute atomic E-state index is 15.4. The van der Waals surface area contributed by atoms with Crippen LogP contribution in [0, 0.1) is 24.9 Å². The van der Waals surface area contributed by atoms with E-state index in [9.17, 15) is 0 Å².